The number of halogens is 3. The van der Waals surface area contributed by atoms with E-state index in [1.165, 1.54) is 85.5 Å². The van der Waals surface area contributed by atoms with Gasteiger partial charge in [0, 0.05) is 16.6 Å². The van der Waals surface area contributed by atoms with Crippen molar-refractivity contribution in [1.82, 2.24) is 4.98 Å². The number of nitrogens with zero attached hydrogens (tertiary/aromatic N) is 1. The molecule has 1 N–H and O–H groups in total. The summed E-state index contributed by atoms with van der Waals surface area (Å²) in [4.78, 5) is 14.1. The molecule has 1 aromatic heterocycles. The van der Waals surface area contributed by atoms with Gasteiger partial charge in [-0.25, -0.2) is 4.79 Å². The normalized spacial score (nSPS) is 32.1. The highest BCUT2D eigenvalue weighted by Crippen LogP contribution is 2.68. The summed E-state index contributed by atoms with van der Waals surface area (Å²) < 4.78 is 31.7. The number of carbonyl (C=O) groups is 1. The van der Waals surface area contributed by atoms with Gasteiger partial charge < -0.3 is 5.11 Å². The van der Waals surface area contributed by atoms with Crippen molar-refractivity contribution in [3.8, 4) is 0 Å². The molecule has 2 saturated carbocycles. The number of para-hydroxylation sites is 1. The molecule has 1 heterocycles. The van der Waals surface area contributed by atoms with Crippen LogP contribution in [0, 0.1) is 53.3 Å². The Balaban J connectivity index is 0.000000472. The summed E-state index contributed by atoms with van der Waals surface area (Å²) in [5, 5.41) is 8.48. The van der Waals surface area contributed by atoms with Crippen LogP contribution in [0.2, 0.25) is 0 Å². The first-order chi connectivity index (χ1) is 20.2. The summed E-state index contributed by atoms with van der Waals surface area (Å²) in [5.74, 6) is 2.60. The van der Waals surface area contributed by atoms with Crippen LogP contribution < -0.4 is 0 Å². The third kappa shape index (κ3) is 5.77. The van der Waals surface area contributed by atoms with Gasteiger partial charge in [0.1, 0.15) is 0 Å². The summed E-state index contributed by atoms with van der Waals surface area (Å²) in [5.41, 5.74) is 8.11. The molecule has 0 unspecified atom stereocenters. The number of hydrogen-bond acceptors (Lipinski definition) is 2. The Hall–Kier alpha value is -2.37. The molecule has 236 valence electrons. The van der Waals surface area contributed by atoms with E-state index in [1.54, 1.807) is 5.57 Å². The van der Waals surface area contributed by atoms with Gasteiger partial charge in [0.05, 0.1) is 5.52 Å². The van der Waals surface area contributed by atoms with E-state index in [0.717, 1.165) is 41.9 Å². The maximum absolute atomic E-state index is 10.6. The summed E-state index contributed by atoms with van der Waals surface area (Å²) in [6.07, 6.45) is 11.5. The lowest BCUT2D eigenvalue weighted by molar-refractivity contribution is -0.192. The van der Waals surface area contributed by atoms with Gasteiger partial charge in [0.15, 0.2) is 0 Å². The number of carboxylic acid groups (broad SMARTS) is 1. The summed E-state index contributed by atoms with van der Waals surface area (Å²) in [6.45, 7) is 15.1. The van der Waals surface area contributed by atoms with Crippen LogP contribution in [-0.4, -0.2) is 22.2 Å². The highest BCUT2D eigenvalue weighted by atomic mass is 19.4. The average Bonchev–Trinajstić information content (AvgIpc) is 3.30. The molecule has 0 aliphatic heterocycles. The number of hydrogen-bond donors (Lipinski definition) is 1. The van der Waals surface area contributed by atoms with E-state index in [9.17, 15) is 13.2 Å². The molecule has 0 bridgehead atoms. The Kier molecular flexibility index (Phi) is 8.83. The highest BCUT2D eigenvalue weighted by molar-refractivity contribution is 5.90. The maximum atomic E-state index is 10.6. The Morgan fingerprint density at radius 2 is 1.74 bits per heavy atom. The van der Waals surface area contributed by atoms with Gasteiger partial charge in [-0.3, -0.25) is 4.98 Å². The van der Waals surface area contributed by atoms with Crippen LogP contribution in [0.1, 0.15) is 109 Å². The topological polar surface area (TPSA) is 50.2 Å². The van der Waals surface area contributed by atoms with Gasteiger partial charge in [-0.2, -0.15) is 13.2 Å². The molecule has 0 amide bonds. The highest BCUT2D eigenvalue weighted by Gasteiger charge is 2.59. The van der Waals surface area contributed by atoms with Gasteiger partial charge in [0.2, 0.25) is 0 Å². The number of alkyl halides is 3. The van der Waals surface area contributed by atoms with Crippen molar-refractivity contribution < 1.29 is 23.1 Å². The van der Waals surface area contributed by atoms with Crippen LogP contribution in [0.5, 0.6) is 0 Å². The second-order valence-electron chi connectivity index (χ2n) is 15.1. The first kappa shape index (κ1) is 32.0. The fourth-order valence-corrected chi connectivity index (χ4v) is 10.2. The van der Waals surface area contributed by atoms with E-state index in [4.69, 9.17) is 14.9 Å². The van der Waals surface area contributed by atoms with Crippen molar-refractivity contribution in [2.24, 2.45) is 46.3 Å². The zero-order chi connectivity index (χ0) is 31.3. The number of benzene rings is 1. The van der Waals surface area contributed by atoms with Crippen LogP contribution in [-0.2, 0) is 11.2 Å². The SMILES string of the molecule is Cc1c2c(nc3ccccc13)CC[C@@]1(C)C2=CC[C@H]2[C@@H]3CC[C@H]([C@H](C)CCCC(C)C)[C@@]3(C)CC[C@@H]21.O=C(O)C(F)(F)F. The van der Waals surface area contributed by atoms with E-state index < -0.39 is 12.1 Å². The van der Waals surface area contributed by atoms with E-state index in [1.807, 2.05) is 0 Å². The Bertz CT molecular complexity index is 1380. The minimum absolute atomic E-state index is 0.326. The second kappa shape index (κ2) is 11.9. The zero-order valence-electron chi connectivity index (χ0n) is 26.9. The van der Waals surface area contributed by atoms with Crippen molar-refractivity contribution in [1.29, 1.82) is 0 Å². The van der Waals surface area contributed by atoms with E-state index in [2.05, 4.69) is 71.9 Å². The molecule has 4 aliphatic rings. The molecular weight excluding hydrogens is 547 g/mol. The molecule has 2 aromatic rings. The van der Waals surface area contributed by atoms with E-state index in [0.29, 0.717) is 10.8 Å². The lowest BCUT2D eigenvalue weighted by Crippen LogP contribution is -2.50. The van der Waals surface area contributed by atoms with Crippen LogP contribution >= 0.6 is 0 Å². The molecule has 1 aromatic carbocycles. The molecule has 6 heteroatoms. The number of pyridine rings is 1. The standard InChI is InChI=1S/C35H49N.C2HF3O2/c1-22(2)10-9-11-23(3)27-16-17-28-26-14-15-30-33-24(4)25-12-7-8-13-31(25)36-32(33)19-21-35(30,6)29(26)18-20-34(27,28)5;3-2(4,5)1(6)7/h7-8,12-13,15,22-23,26-29H,9-11,14,16-21H2,1-6H3;(H,6,7)/t23-,26+,27-,28+,29+,34-,35-;/m1./s1. The molecule has 3 nitrogen and oxygen atoms in total. The molecule has 0 saturated heterocycles. The lowest BCUT2D eigenvalue weighted by atomic mass is 9.46. The predicted molar refractivity (Wildman–Crippen MR) is 168 cm³/mol. The van der Waals surface area contributed by atoms with Crippen LogP contribution in [0.4, 0.5) is 13.2 Å². The van der Waals surface area contributed by atoms with Crippen molar-refractivity contribution in [3.05, 3.63) is 47.2 Å². The fourth-order valence-electron chi connectivity index (χ4n) is 10.2. The zero-order valence-corrected chi connectivity index (χ0v) is 26.9. The van der Waals surface area contributed by atoms with E-state index >= 15 is 0 Å². The quantitative estimate of drug-likeness (QED) is 0.373. The number of carboxylic acids is 1. The predicted octanol–water partition coefficient (Wildman–Crippen LogP) is 10.4. The molecule has 43 heavy (non-hydrogen) atoms. The molecule has 2 fully saturated rings. The van der Waals surface area contributed by atoms with Crippen LogP contribution in [0.15, 0.2) is 30.3 Å². The number of aryl methyl sites for hydroxylation is 2. The third-order valence-electron chi connectivity index (χ3n) is 12.3. The number of allylic oxidation sites excluding steroid dienone is 2. The van der Waals surface area contributed by atoms with Gasteiger partial charge in [-0.1, -0.05) is 78.2 Å². The number of aromatic nitrogens is 1. The monoisotopic (exact) mass is 597 g/mol. The number of aliphatic carboxylic acids is 1. The Labute approximate surface area is 255 Å². The van der Waals surface area contributed by atoms with Crippen molar-refractivity contribution >= 4 is 22.4 Å². The number of fused-ring (bicyclic) bond motifs is 8. The molecule has 4 aliphatic carbocycles. The molecule has 0 spiro atoms. The smallest absolute Gasteiger partial charge is 0.475 e. The van der Waals surface area contributed by atoms with Gasteiger partial charge in [-0.15, -0.1) is 0 Å². The molecule has 6 rings (SSSR count). The minimum Gasteiger partial charge on any atom is -0.475 e. The van der Waals surface area contributed by atoms with Crippen LogP contribution in [0.3, 0.4) is 0 Å². The van der Waals surface area contributed by atoms with Crippen LogP contribution in [0.25, 0.3) is 16.5 Å². The Morgan fingerprint density at radius 3 is 2.42 bits per heavy atom. The maximum Gasteiger partial charge on any atom is 0.490 e. The van der Waals surface area contributed by atoms with Crippen molar-refractivity contribution in [2.45, 2.75) is 112 Å². The first-order valence-corrected chi connectivity index (χ1v) is 16.6. The summed E-state index contributed by atoms with van der Waals surface area (Å²) >= 11 is 0. The third-order valence-corrected chi connectivity index (χ3v) is 12.3. The first-order valence-electron chi connectivity index (χ1n) is 16.6. The second-order valence-corrected chi connectivity index (χ2v) is 15.1. The van der Waals surface area contributed by atoms with Crippen molar-refractivity contribution in [3.63, 3.8) is 0 Å². The van der Waals surface area contributed by atoms with Crippen molar-refractivity contribution in [2.75, 3.05) is 0 Å². The van der Waals surface area contributed by atoms with E-state index in [-0.39, 0.29) is 0 Å². The molecule has 0 radical (unpaired) electrons. The Morgan fingerprint density at radius 1 is 1.05 bits per heavy atom. The lowest BCUT2D eigenvalue weighted by Gasteiger charge is -2.58. The molecular formula is C37H50F3NO2. The minimum atomic E-state index is -5.08. The summed E-state index contributed by atoms with van der Waals surface area (Å²) in [7, 11) is 0. The fraction of sp³-hybridized carbons (Fsp3) is 0.676. The largest absolute Gasteiger partial charge is 0.490 e. The number of rotatable bonds is 5. The molecule has 7 atom stereocenters. The summed E-state index contributed by atoms with van der Waals surface area (Å²) in [6, 6.07) is 8.80. The van der Waals surface area contributed by atoms with Gasteiger partial charge in [-0.05, 0) is 115 Å². The van der Waals surface area contributed by atoms with Gasteiger partial charge >= 0.3 is 12.1 Å². The van der Waals surface area contributed by atoms with Gasteiger partial charge in [0.25, 0.3) is 0 Å². The average molecular weight is 598 g/mol.